The summed E-state index contributed by atoms with van der Waals surface area (Å²) in [6.45, 7) is 3.87. The zero-order valence-electron chi connectivity index (χ0n) is 31.0. The van der Waals surface area contributed by atoms with Crippen molar-refractivity contribution in [3.8, 4) is 0 Å². The van der Waals surface area contributed by atoms with E-state index in [4.69, 9.17) is 14.8 Å². The molecule has 0 saturated heterocycles. The molecule has 10 heteroatoms. The third-order valence-electron chi connectivity index (χ3n) is 8.16. The number of amides is 1. The van der Waals surface area contributed by atoms with Crippen LogP contribution in [-0.2, 0) is 18.4 Å². The molecule has 0 bridgehead atoms. The molecule has 0 radical (unpaired) electrons. The van der Waals surface area contributed by atoms with E-state index >= 15 is 0 Å². The van der Waals surface area contributed by atoms with Crippen LogP contribution in [-0.4, -0.2) is 59.0 Å². The van der Waals surface area contributed by atoms with Gasteiger partial charge in [-0.25, -0.2) is 4.57 Å². The number of aliphatic hydroxyl groups is 2. The number of carbonyl (C=O) groups excluding carboxylic acids is 1. The number of unbranched alkanes of at least 4 members (excludes halogenated alkanes) is 15. The van der Waals surface area contributed by atoms with E-state index in [2.05, 4.69) is 55.6 Å². The molecule has 9 nitrogen and oxygen atoms in total. The Hall–Kier alpha value is -1.58. The summed E-state index contributed by atoms with van der Waals surface area (Å²) in [5.74, 6) is -0.472. The quantitative estimate of drug-likeness (QED) is 0.0248. The van der Waals surface area contributed by atoms with Gasteiger partial charge >= 0.3 is 7.82 Å². The first kappa shape index (κ1) is 47.4. The molecule has 0 aliphatic heterocycles. The maximum atomic E-state index is 12.7. The average Bonchev–Trinajstić information content (AvgIpc) is 3.07. The number of allylic oxidation sites excluding steroid dienone is 7. The lowest BCUT2D eigenvalue weighted by Crippen LogP contribution is -2.46. The Balaban J connectivity index is 4.52. The van der Waals surface area contributed by atoms with Gasteiger partial charge in [-0.15, -0.1) is 0 Å². The highest BCUT2D eigenvalue weighted by molar-refractivity contribution is 7.47. The first-order chi connectivity index (χ1) is 23.8. The first-order valence-corrected chi connectivity index (χ1v) is 20.8. The molecule has 6 N–H and O–H groups in total. The molecule has 0 aromatic rings. The summed E-state index contributed by atoms with van der Waals surface area (Å²) in [5, 5.41) is 23.9. The molecule has 0 spiro atoms. The van der Waals surface area contributed by atoms with E-state index in [1.54, 1.807) is 6.08 Å². The van der Waals surface area contributed by atoms with Crippen molar-refractivity contribution in [1.82, 2.24) is 5.32 Å². The van der Waals surface area contributed by atoms with Crippen molar-refractivity contribution in [1.29, 1.82) is 0 Å². The van der Waals surface area contributed by atoms with Gasteiger partial charge in [0.25, 0.3) is 0 Å². The topological polar surface area (TPSA) is 151 Å². The van der Waals surface area contributed by atoms with Gasteiger partial charge in [0.2, 0.25) is 5.91 Å². The lowest BCUT2D eigenvalue weighted by molar-refractivity contribution is -0.124. The van der Waals surface area contributed by atoms with Crippen LogP contribution in [0.5, 0.6) is 0 Å². The summed E-state index contributed by atoms with van der Waals surface area (Å²) in [6, 6.07) is -1.01. The van der Waals surface area contributed by atoms with Crippen LogP contribution in [0.25, 0.3) is 0 Å². The molecule has 0 saturated carbocycles. The Morgan fingerprint density at radius 1 is 0.694 bits per heavy atom. The molecular weight excluding hydrogens is 639 g/mol. The van der Waals surface area contributed by atoms with Gasteiger partial charge in [-0.3, -0.25) is 13.8 Å². The Morgan fingerprint density at radius 2 is 1.16 bits per heavy atom. The van der Waals surface area contributed by atoms with Gasteiger partial charge in [0.1, 0.15) is 0 Å². The minimum Gasteiger partial charge on any atom is -0.393 e. The number of hydrogen-bond donors (Lipinski definition) is 5. The van der Waals surface area contributed by atoms with Crippen molar-refractivity contribution >= 4 is 13.7 Å². The van der Waals surface area contributed by atoms with Crippen molar-refractivity contribution in [2.45, 2.75) is 173 Å². The van der Waals surface area contributed by atoms with Crippen LogP contribution in [0, 0.1) is 0 Å². The number of nitrogens with two attached hydrogens (primary N) is 1. The van der Waals surface area contributed by atoms with Crippen LogP contribution in [0.1, 0.15) is 155 Å². The Bertz CT molecular complexity index is 925. The molecule has 0 aromatic carbocycles. The maximum absolute atomic E-state index is 12.7. The number of carbonyl (C=O) groups is 1. The summed E-state index contributed by atoms with van der Waals surface area (Å²) >= 11 is 0. The molecule has 0 aliphatic carbocycles. The van der Waals surface area contributed by atoms with Gasteiger partial charge in [-0.05, 0) is 70.6 Å². The number of aliphatic hydroxyl groups excluding tert-OH is 2. The van der Waals surface area contributed by atoms with E-state index < -0.39 is 38.6 Å². The third-order valence-corrected chi connectivity index (χ3v) is 9.14. The molecule has 0 aromatic heterocycles. The number of rotatable bonds is 35. The highest BCUT2D eigenvalue weighted by Crippen LogP contribution is 2.43. The summed E-state index contributed by atoms with van der Waals surface area (Å²) in [7, 11) is -4.41. The van der Waals surface area contributed by atoms with E-state index in [0.29, 0.717) is 12.8 Å². The van der Waals surface area contributed by atoms with Crippen molar-refractivity contribution in [3.05, 3.63) is 48.6 Å². The summed E-state index contributed by atoms with van der Waals surface area (Å²) < 4.78 is 22.0. The molecular formula is C39H73N2O7P. The number of phosphoric ester groups is 1. The number of phosphoric acid groups is 1. The average molecular weight is 713 g/mol. The van der Waals surface area contributed by atoms with Crippen molar-refractivity contribution in [2.24, 2.45) is 5.73 Å². The summed E-state index contributed by atoms with van der Waals surface area (Å²) in [6.07, 6.45) is 37.7. The Labute approximate surface area is 299 Å². The lowest BCUT2D eigenvalue weighted by Gasteiger charge is -2.24. The van der Waals surface area contributed by atoms with E-state index in [-0.39, 0.29) is 19.6 Å². The molecule has 4 unspecified atom stereocenters. The Kier molecular flexibility index (Phi) is 33.7. The van der Waals surface area contributed by atoms with Gasteiger partial charge in [-0.2, -0.15) is 0 Å². The van der Waals surface area contributed by atoms with Gasteiger partial charge in [0.05, 0.1) is 37.9 Å². The zero-order valence-corrected chi connectivity index (χ0v) is 31.9. The van der Waals surface area contributed by atoms with Gasteiger partial charge in [0, 0.05) is 6.54 Å². The lowest BCUT2D eigenvalue weighted by atomic mass is 10.1. The fraction of sp³-hybridized carbons (Fsp3) is 0.769. The first-order valence-electron chi connectivity index (χ1n) is 19.3. The predicted octanol–water partition coefficient (Wildman–Crippen LogP) is 9.13. The molecule has 0 rings (SSSR count). The van der Waals surface area contributed by atoms with Crippen molar-refractivity contribution < 1.29 is 33.5 Å². The molecule has 0 aliphatic rings. The Morgan fingerprint density at radius 3 is 1.73 bits per heavy atom. The van der Waals surface area contributed by atoms with Crippen molar-refractivity contribution in [3.63, 3.8) is 0 Å². The second-order valence-electron chi connectivity index (χ2n) is 12.9. The van der Waals surface area contributed by atoms with E-state index in [1.165, 1.54) is 64.2 Å². The second kappa shape index (κ2) is 34.9. The molecule has 0 fully saturated rings. The SMILES string of the molecule is CCCCC/C=C/CC/C=C/CC/C=C/C(O)C(COP(=O)(O)OCCN)NC(=O)CC(O)CCCCC/C=C\CCCCCCCCC. The molecule has 286 valence electrons. The van der Waals surface area contributed by atoms with E-state index in [9.17, 15) is 24.5 Å². The van der Waals surface area contributed by atoms with Gasteiger partial charge < -0.3 is 26.2 Å². The highest BCUT2D eigenvalue weighted by Gasteiger charge is 2.27. The standard InChI is InChI=1S/C39H73N2O7P/c1-3-5-7-9-11-13-15-17-19-20-22-24-26-28-30-36(42)34-39(44)41-37(35-48-49(45,46)47-33-32-40)38(43)31-29-27-25-23-21-18-16-14-12-10-8-6-4-2/h12,14,19-21,23,29,31,36-38,42-43H,3-11,13,15-18,22,24-28,30,32-35,40H2,1-2H3,(H,41,44)(H,45,46)/b14-12+,20-19-,23-21+,31-29+. The maximum Gasteiger partial charge on any atom is 0.472 e. The smallest absolute Gasteiger partial charge is 0.393 e. The van der Waals surface area contributed by atoms with Crippen LogP contribution in [0.4, 0.5) is 0 Å². The van der Waals surface area contributed by atoms with E-state index in [0.717, 1.165) is 57.8 Å². The predicted molar refractivity (Wildman–Crippen MR) is 204 cm³/mol. The van der Waals surface area contributed by atoms with Crippen LogP contribution in [0.15, 0.2) is 48.6 Å². The second-order valence-corrected chi connectivity index (χ2v) is 14.4. The van der Waals surface area contributed by atoms with Crippen LogP contribution < -0.4 is 11.1 Å². The molecule has 4 atom stereocenters. The minimum atomic E-state index is -4.41. The van der Waals surface area contributed by atoms with Gasteiger partial charge in [-0.1, -0.05) is 127 Å². The fourth-order valence-electron chi connectivity index (χ4n) is 5.20. The highest BCUT2D eigenvalue weighted by atomic mass is 31.2. The molecule has 49 heavy (non-hydrogen) atoms. The zero-order chi connectivity index (χ0) is 36.3. The summed E-state index contributed by atoms with van der Waals surface area (Å²) in [4.78, 5) is 22.6. The number of hydrogen-bond acceptors (Lipinski definition) is 7. The molecule has 1 amide bonds. The minimum absolute atomic E-state index is 0.0392. The van der Waals surface area contributed by atoms with Crippen LogP contribution >= 0.6 is 7.82 Å². The fourth-order valence-corrected chi connectivity index (χ4v) is 5.96. The summed E-state index contributed by atoms with van der Waals surface area (Å²) in [5.41, 5.74) is 5.34. The van der Waals surface area contributed by atoms with Crippen molar-refractivity contribution in [2.75, 3.05) is 19.8 Å². The largest absolute Gasteiger partial charge is 0.472 e. The van der Waals surface area contributed by atoms with Crippen LogP contribution in [0.3, 0.4) is 0 Å². The normalized spacial score (nSPS) is 15.5. The van der Waals surface area contributed by atoms with E-state index in [1.807, 2.05) is 6.08 Å². The van der Waals surface area contributed by atoms with Gasteiger partial charge in [0.15, 0.2) is 0 Å². The van der Waals surface area contributed by atoms with Crippen LogP contribution in [0.2, 0.25) is 0 Å². The third kappa shape index (κ3) is 33.3. The monoisotopic (exact) mass is 713 g/mol. The number of nitrogens with one attached hydrogen (secondary N) is 1. The molecule has 0 heterocycles.